The summed E-state index contributed by atoms with van der Waals surface area (Å²) < 4.78 is 15.9. The SMILES string of the molecule is Cc1c([C@@H](C)NC(=O)c2ccc(=O)n(CC(=O)NCc3ccc(F)cc3)c2)cnn1C. The van der Waals surface area contributed by atoms with Gasteiger partial charge in [-0.2, -0.15) is 5.10 Å². The molecule has 0 aliphatic carbocycles. The smallest absolute Gasteiger partial charge is 0.253 e. The molecule has 0 unspecified atom stereocenters. The lowest BCUT2D eigenvalue weighted by Gasteiger charge is -2.14. The van der Waals surface area contributed by atoms with E-state index in [1.54, 1.807) is 23.0 Å². The lowest BCUT2D eigenvalue weighted by Crippen LogP contribution is -2.33. The molecule has 31 heavy (non-hydrogen) atoms. The molecule has 2 amide bonds. The summed E-state index contributed by atoms with van der Waals surface area (Å²) in [5.74, 6) is -1.12. The fourth-order valence-corrected chi connectivity index (χ4v) is 3.10. The zero-order valence-electron chi connectivity index (χ0n) is 17.6. The first kappa shape index (κ1) is 21.9. The van der Waals surface area contributed by atoms with Crippen LogP contribution in [0, 0.1) is 12.7 Å². The molecule has 2 aromatic heterocycles. The van der Waals surface area contributed by atoms with Gasteiger partial charge in [0.05, 0.1) is 17.8 Å². The Morgan fingerprint density at radius 3 is 2.52 bits per heavy atom. The molecule has 1 aromatic carbocycles. The minimum absolute atomic E-state index is 0.204. The van der Waals surface area contributed by atoms with Crippen LogP contribution < -0.4 is 16.2 Å². The van der Waals surface area contributed by atoms with Crippen LogP contribution in [-0.4, -0.2) is 26.2 Å². The van der Waals surface area contributed by atoms with E-state index in [0.717, 1.165) is 16.8 Å². The van der Waals surface area contributed by atoms with Gasteiger partial charge in [0.25, 0.3) is 11.5 Å². The second-order valence-corrected chi connectivity index (χ2v) is 7.29. The summed E-state index contributed by atoms with van der Waals surface area (Å²) >= 11 is 0. The van der Waals surface area contributed by atoms with Crippen molar-refractivity contribution in [1.82, 2.24) is 25.0 Å². The molecule has 1 atom stereocenters. The van der Waals surface area contributed by atoms with Gasteiger partial charge < -0.3 is 15.2 Å². The number of carbonyl (C=O) groups excluding carboxylic acids is 2. The highest BCUT2D eigenvalue weighted by Crippen LogP contribution is 2.16. The number of amides is 2. The quantitative estimate of drug-likeness (QED) is 0.604. The standard InChI is InChI=1S/C22H24FN5O3/c1-14(19-11-25-27(3)15(19)2)26-22(31)17-6-9-21(30)28(12-17)13-20(29)24-10-16-4-7-18(23)8-5-16/h4-9,11-12,14H,10,13H2,1-3H3,(H,24,29)(H,26,31)/t14-/m1/s1. The summed E-state index contributed by atoms with van der Waals surface area (Å²) in [4.78, 5) is 37.0. The molecular formula is C22H24FN5O3. The Morgan fingerprint density at radius 2 is 1.87 bits per heavy atom. The number of aryl methyl sites for hydroxylation is 1. The summed E-state index contributed by atoms with van der Waals surface area (Å²) in [6.45, 7) is 3.73. The van der Waals surface area contributed by atoms with Gasteiger partial charge in [0.2, 0.25) is 5.91 Å². The van der Waals surface area contributed by atoms with Crippen molar-refractivity contribution in [2.75, 3.05) is 0 Å². The topological polar surface area (TPSA) is 98.0 Å². The Labute approximate surface area is 178 Å². The van der Waals surface area contributed by atoms with Crippen LogP contribution >= 0.6 is 0 Å². The van der Waals surface area contributed by atoms with Crippen LogP contribution in [0.15, 0.2) is 53.6 Å². The first-order valence-corrected chi connectivity index (χ1v) is 9.75. The summed E-state index contributed by atoms with van der Waals surface area (Å²) in [5, 5.41) is 9.73. The molecule has 9 heteroatoms. The predicted molar refractivity (Wildman–Crippen MR) is 113 cm³/mol. The third-order valence-corrected chi connectivity index (χ3v) is 5.05. The molecule has 0 aliphatic rings. The maximum Gasteiger partial charge on any atom is 0.253 e. The van der Waals surface area contributed by atoms with Crippen molar-refractivity contribution in [1.29, 1.82) is 0 Å². The third kappa shape index (κ3) is 5.44. The Bertz CT molecular complexity index is 1150. The highest BCUT2D eigenvalue weighted by molar-refractivity contribution is 5.94. The maximum absolute atomic E-state index is 13.0. The fourth-order valence-electron chi connectivity index (χ4n) is 3.10. The predicted octanol–water partition coefficient (Wildman–Crippen LogP) is 1.84. The molecule has 162 valence electrons. The van der Waals surface area contributed by atoms with E-state index < -0.39 is 11.5 Å². The molecule has 3 rings (SSSR count). The van der Waals surface area contributed by atoms with Crippen molar-refractivity contribution < 1.29 is 14.0 Å². The number of hydrogen-bond acceptors (Lipinski definition) is 4. The number of benzene rings is 1. The van der Waals surface area contributed by atoms with E-state index in [1.165, 1.54) is 35.0 Å². The molecule has 0 radical (unpaired) electrons. The van der Waals surface area contributed by atoms with Crippen LogP contribution in [-0.2, 0) is 24.9 Å². The first-order valence-electron chi connectivity index (χ1n) is 9.75. The normalized spacial score (nSPS) is 11.7. The Morgan fingerprint density at radius 1 is 1.16 bits per heavy atom. The number of aromatic nitrogens is 3. The van der Waals surface area contributed by atoms with E-state index in [2.05, 4.69) is 15.7 Å². The van der Waals surface area contributed by atoms with E-state index >= 15 is 0 Å². The zero-order valence-corrected chi connectivity index (χ0v) is 17.6. The van der Waals surface area contributed by atoms with Crippen molar-refractivity contribution in [2.45, 2.75) is 33.0 Å². The number of nitrogens with zero attached hydrogens (tertiary/aromatic N) is 3. The minimum Gasteiger partial charge on any atom is -0.350 e. The molecule has 0 saturated heterocycles. The van der Waals surface area contributed by atoms with Crippen molar-refractivity contribution in [3.63, 3.8) is 0 Å². The summed E-state index contributed by atoms with van der Waals surface area (Å²) in [7, 11) is 1.82. The van der Waals surface area contributed by atoms with Crippen molar-refractivity contribution in [2.24, 2.45) is 7.05 Å². The fraction of sp³-hybridized carbons (Fsp3) is 0.273. The first-order chi connectivity index (χ1) is 14.7. The second-order valence-electron chi connectivity index (χ2n) is 7.29. The largest absolute Gasteiger partial charge is 0.350 e. The van der Waals surface area contributed by atoms with Crippen LogP contribution in [0.1, 0.15) is 40.1 Å². The molecule has 3 aromatic rings. The van der Waals surface area contributed by atoms with Crippen LogP contribution in [0.4, 0.5) is 4.39 Å². The molecular weight excluding hydrogens is 401 g/mol. The molecule has 0 fully saturated rings. The average Bonchev–Trinajstić information content (AvgIpc) is 3.07. The molecule has 2 N–H and O–H groups in total. The zero-order chi connectivity index (χ0) is 22.5. The van der Waals surface area contributed by atoms with Gasteiger partial charge in [-0.25, -0.2) is 4.39 Å². The van der Waals surface area contributed by atoms with Gasteiger partial charge in [-0.1, -0.05) is 12.1 Å². The lowest BCUT2D eigenvalue weighted by molar-refractivity contribution is -0.121. The van der Waals surface area contributed by atoms with Crippen molar-refractivity contribution in [3.8, 4) is 0 Å². The van der Waals surface area contributed by atoms with Crippen molar-refractivity contribution >= 4 is 11.8 Å². The highest BCUT2D eigenvalue weighted by Gasteiger charge is 2.16. The summed E-state index contributed by atoms with van der Waals surface area (Å²) in [6.07, 6.45) is 3.06. The number of rotatable bonds is 7. The van der Waals surface area contributed by atoms with E-state index in [1.807, 2.05) is 20.9 Å². The number of nitrogens with one attached hydrogen (secondary N) is 2. The van der Waals surface area contributed by atoms with E-state index in [9.17, 15) is 18.8 Å². The molecule has 0 aliphatic heterocycles. The Kier molecular flexibility index (Phi) is 6.64. The number of hydrogen-bond donors (Lipinski definition) is 2. The van der Waals surface area contributed by atoms with Crippen LogP contribution in [0.2, 0.25) is 0 Å². The van der Waals surface area contributed by atoms with Gasteiger partial charge in [-0.15, -0.1) is 0 Å². The molecule has 0 bridgehead atoms. The molecule has 0 saturated carbocycles. The van der Waals surface area contributed by atoms with Gasteiger partial charge >= 0.3 is 0 Å². The maximum atomic E-state index is 13.0. The molecule has 2 heterocycles. The van der Waals surface area contributed by atoms with Gasteiger partial charge in [-0.3, -0.25) is 19.1 Å². The van der Waals surface area contributed by atoms with Gasteiger partial charge in [0, 0.05) is 37.1 Å². The monoisotopic (exact) mass is 425 g/mol. The van der Waals surface area contributed by atoms with Gasteiger partial charge in [0.15, 0.2) is 0 Å². The van der Waals surface area contributed by atoms with Crippen LogP contribution in [0.25, 0.3) is 0 Å². The Balaban J connectivity index is 1.64. The highest BCUT2D eigenvalue weighted by atomic mass is 19.1. The van der Waals surface area contributed by atoms with E-state index in [-0.39, 0.29) is 36.4 Å². The third-order valence-electron chi connectivity index (χ3n) is 5.05. The van der Waals surface area contributed by atoms with Crippen LogP contribution in [0.3, 0.4) is 0 Å². The lowest BCUT2D eigenvalue weighted by atomic mass is 10.1. The molecule has 0 spiro atoms. The Hall–Kier alpha value is -3.75. The minimum atomic E-state index is -0.400. The van der Waals surface area contributed by atoms with E-state index in [4.69, 9.17) is 0 Å². The van der Waals surface area contributed by atoms with Gasteiger partial charge in [0.1, 0.15) is 12.4 Å². The second kappa shape index (κ2) is 9.38. The summed E-state index contributed by atoms with van der Waals surface area (Å²) in [6, 6.07) is 8.15. The molecule has 8 nitrogen and oxygen atoms in total. The average molecular weight is 425 g/mol. The van der Waals surface area contributed by atoms with Crippen molar-refractivity contribution in [3.05, 3.63) is 87.3 Å². The van der Waals surface area contributed by atoms with E-state index in [0.29, 0.717) is 0 Å². The number of halogens is 1. The summed E-state index contributed by atoms with van der Waals surface area (Å²) in [5.41, 5.74) is 2.43. The number of pyridine rings is 1. The number of carbonyl (C=O) groups is 2. The van der Waals surface area contributed by atoms with Gasteiger partial charge in [-0.05, 0) is 37.6 Å². The van der Waals surface area contributed by atoms with Crippen LogP contribution in [0.5, 0.6) is 0 Å².